The first-order valence-electron chi connectivity index (χ1n) is 6.53. The highest BCUT2D eigenvalue weighted by atomic mass is 16.3. The SMILES string of the molecule is Cc1cc(C(=O)N2CCN(C3CNC3)CC2)co1. The first kappa shape index (κ1) is 11.7. The molecule has 0 spiro atoms. The molecule has 5 nitrogen and oxygen atoms in total. The van der Waals surface area contributed by atoms with Crippen molar-refractivity contribution in [3.05, 3.63) is 23.7 Å². The molecule has 18 heavy (non-hydrogen) atoms. The third kappa shape index (κ3) is 2.15. The van der Waals surface area contributed by atoms with E-state index in [0.717, 1.165) is 45.0 Å². The standard InChI is InChI=1S/C13H19N3O2/c1-10-6-11(9-18-10)13(17)16-4-2-15(3-5-16)12-7-14-8-12/h6,9,12,14H,2-5,7-8H2,1H3. The Morgan fingerprint density at radius 2 is 2.06 bits per heavy atom. The number of amides is 1. The van der Waals surface area contributed by atoms with E-state index in [1.54, 1.807) is 6.26 Å². The van der Waals surface area contributed by atoms with Crippen molar-refractivity contribution in [2.75, 3.05) is 39.3 Å². The molecular weight excluding hydrogens is 230 g/mol. The van der Waals surface area contributed by atoms with Gasteiger partial charge in [-0.25, -0.2) is 0 Å². The zero-order chi connectivity index (χ0) is 12.5. The number of rotatable bonds is 2. The molecule has 0 bridgehead atoms. The molecule has 0 unspecified atom stereocenters. The molecule has 1 N–H and O–H groups in total. The van der Waals surface area contributed by atoms with Crippen molar-refractivity contribution < 1.29 is 9.21 Å². The van der Waals surface area contributed by atoms with Crippen LogP contribution in [0.3, 0.4) is 0 Å². The number of hydrogen-bond donors (Lipinski definition) is 1. The minimum atomic E-state index is 0.0956. The molecule has 5 heteroatoms. The summed E-state index contributed by atoms with van der Waals surface area (Å²) in [7, 11) is 0. The van der Waals surface area contributed by atoms with Crippen LogP contribution < -0.4 is 5.32 Å². The monoisotopic (exact) mass is 249 g/mol. The van der Waals surface area contributed by atoms with Crippen LogP contribution >= 0.6 is 0 Å². The van der Waals surface area contributed by atoms with E-state index in [9.17, 15) is 4.79 Å². The molecule has 0 radical (unpaired) electrons. The van der Waals surface area contributed by atoms with Crippen LogP contribution in [0, 0.1) is 6.92 Å². The van der Waals surface area contributed by atoms with Crippen molar-refractivity contribution in [3.8, 4) is 0 Å². The summed E-state index contributed by atoms with van der Waals surface area (Å²) in [5, 5.41) is 3.29. The summed E-state index contributed by atoms with van der Waals surface area (Å²) in [6, 6.07) is 2.49. The van der Waals surface area contributed by atoms with Gasteiger partial charge in [-0.3, -0.25) is 9.69 Å². The molecule has 98 valence electrons. The Balaban J connectivity index is 1.57. The quantitative estimate of drug-likeness (QED) is 0.820. The maximum absolute atomic E-state index is 12.2. The summed E-state index contributed by atoms with van der Waals surface area (Å²) in [6.07, 6.45) is 1.56. The van der Waals surface area contributed by atoms with Gasteiger partial charge in [0.05, 0.1) is 5.56 Å². The second-order valence-corrected chi connectivity index (χ2v) is 5.09. The topological polar surface area (TPSA) is 48.7 Å². The number of nitrogens with one attached hydrogen (secondary N) is 1. The third-order valence-electron chi connectivity index (χ3n) is 3.86. The Bertz CT molecular complexity index is 431. The van der Waals surface area contributed by atoms with Crippen molar-refractivity contribution in [3.63, 3.8) is 0 Å². The van der Waals surface area contributed by atoms with Gasteiger partial charge < -0.3 is 14.6 Å². The summed E-state index contributed by atoms with van der Waals surface area (Å²) in [5.41, 5.74) is 0.672. The molecule has 1 aromatic heterocycles. The van der Waals surface area contributed by atoms with Gasteiger partial charge in [0.25, 0.3) is 5.91 Å². The number of aryl methyl sites for hydroxylation is 1. The molecule has 1 amide bonds. The van der Waals surface area contributed by atoms with E-state index in [2.05, 4.69) is 10.2 Å². The van der Waals surface area contributed by atoms with Crippen LogP contribution in [-0.2, 0) is 0 Å². The number of carbonyl (C=O) groups excluding carboxylic acids is 1. The Morgan fingerprint density at radius 1 is 1.33 bits per heavy atom. The van der Waals surface area contributed by atoms with Gasteiger partial charge in [-0.2, -0.15) is 0 Å². The van der Waals surface area contributed by atoms with Crippen molar-refractivity contribution in [1.82, 2.24) is 15.1 Å². The summed E-state index contributed by atoms with van der Waals surface area (Å²) in [4.78, 5) is 16.6. The molecule has 0 aromatic carbocycles. The van der Waals surface area contributed by atoms with Crippen LogP contribution in [-0.4, -0.2) is 61.0 Å². The van der Waals surface area contributed by atoms with Gasteiger partial charge in [-0.05, 0) is 13.0 Å². The molecule has 0 aliphatic carbocycles. The van der Waals surface area contributed by atoms with E-state index in [0.29, 0.717) is 11.6 Å². The van der Waals surface area contributed by atoms with E-state index < -0.39 is 0 Å². The van der Waals surface area contributed by atoms with Gasteiger partial charge in [-0.1, -0.05) is 0 Å². The second-order valence-electron chi connectivity index (χ2n) is 5.09. The first-order chi connectivity index (χ1) is 8.74. The highest BCUT2D eigenvalue weighted by molar-refractivity contribution is 5.94. The van der Waals surface area contributed by atoms with E-state index in [-0.39, 0.29) is 5.91 Å². The summed E-state index contributed by atoms with van der Waals surface area (Å²) >= 11 is 0. The Morgan fingerprint density at radius 3 is 2.56 bits per heavy atom. The lowest BCUT2D eigenvalue weighted by Crippen LogP contribution is -2.62. The van der Waals surface area contributed by atoms with Crippen LogP contribution in [0.4, 0.5) is 0 Å². The fourth-order valence-corrected chi connectivity index (χ4v) is 2.56. The minimum absolute atomic E-state index is 0.0956. The average Bonchev–Trinajstić information content (AvgIpc) is 2.74. The molecule has 1 aromatic rings. The minimum Gasteiger partial charge on any atom is -0.469 e. The lowest BCUT2D eigenvalue weighted by molar-refractivity contribution is 0.0501. The van der Waals surface area contributed by atoms with Crippen molar-refractivity contribution in [2.45, 2.75) is 13.0 Å². The molecule has 2 aliphatic heterocycles. The van der Waals surface area contributed by atoms with Crippen molar-refractivity contribution >= 4 is 5.91 Å². The predicted octanol–water partition coefficient (Wildman–Crippen LogP) is 0.318. The smallest absolute Gasteiger partial charge is 0.257 e. The number of hydrogen-bond acceptors (Lipinski definition) is 4. The molecule has 0 atom stereocenters. The third-order valence-corrected chi connectivity index (χ3v) is 3.86. The van der Waals surface area contributed by atoms with E-state index >= 15 is 0 Å². The highest BCUT2D eigenvalue weighted by Crippen LogP contribution is 2.14. The van der Waals surface area contributed by atoms with Crippen LogP contribution in [0.25, 0.3) is 0 Å². The number of carbonyl (C=O) groups is 1. The van der Waals surface area contributed by atoms with Gasteiger partial charge in [0, 0.05) is 45.3 Å². The molecular formula is C13H19N3O2. The van der Waals surface area contributed by atoms with Gasteiger partial charge >= 0.3 is 0 Å². The molecule has 2 fully saturated rings. The average molecular weight is 249 g/mol. The predicted molar refractivity (Wildman–Crippen MR) is 67.6 cm³/mol. The maximum Gasteiger partial charge on any atom is 0.257 e. The van der Waals surface area contributed by atoms with Crippen molar-refractivity contribution in [2.24, 2.45) is 0 Å². The fourth-order valence-electron chi connectivity index (χ4n) is 2.56. The van der Waals surface area contributed by atoms with Gasteiger partial charge in [0.1, 0.15) is 12.0 Å². The number of furan rings is 1. The maximum atomic E-state index is 12.2. The van der Waals surface area contributed by atoms with Gasteiger partial charge in [-0.15, -0.1) is 0 Å². The lowest BCUT2D eigenvalue weighted by Gasteiger charge is -2.43. The Kier molecular flexibility index (Phi) is 3.09. The lowest BCUT2D eigenvalue weighted by atomic mass is 10.1. The Hall–Kier alpha value is -1.33. The largest absolute Gasteiger partial charge is 0.469 e. The first-order valence-corrected chi connectivity index (χ1v) is 6.53. The zero-order valence-electron chi connectivity index (χ0n) is 10.7. The summed E-state index contributed by atoms with van der Waals surface area (Å²) < 4.78 is 5.20. The molecule has 3 heterocycles. The van der Waals surface area contributed by atoms with Crippen molar-refractivity contribution in [1.29, 1.82) is 0 Å². The zero-order valence-corrected chi connectivity index (χ0v) is 10.7. The van der Waals surface area contributed by atoms with E-state index in [4.69, 9.17) is 4.42 Å². The van der Waals surface area contributed by atoms with Crippen LogP contribution in [0.2, 0.25) is 0 Å². The number of nitrogens with zero attached hydrogens (tertiary/aromatic N) is 2. The van der Waals surface area contributed by atoms with Crippen LogP contribution in [0.1, 0.15) is 16.1 Å². The summed E-state index contributed by atoms with van der Waals surface area (Å²) in [6.45, 7) is 7.64. The van der Waals surface area contributed by atoms with Crippen LogP contribution in [0.5, 0.6) is 0 Å². The normalized spacial score (nSPS) is 21.9. The fraction of sp³-hybridized carbons (Fsp3) is 0.615. The van der Waals surface area contributed by atoms with Gasteiger partial charge in [0.15, 0.2) is 0 Å². The van der Waals surface area contributed by atoms with Crippen LogP contribution in [0.15, 0.2) is 16.7 Å². The second kappa shape index (κ2) is 4.74. The highest BCUT2D eigenvalue weighted by Gasteiger charge is 2.29. The number of piperazine rings is 1. The van der Waals surface area contributed by atoms with E-state index in [1.807, 2.05) is 17.9 Å². The molecule has 2 saturated heterocycles. The Labute approximate surface area is 107 Å². The summed E-state index contributed by atoms with van der Waals surface area (Å²) in [5.74, 6) is 0.885. The van der Waals surface area contributed by atoms with Gasteiger partial charge in [0.2, 0.25) is 0 Å². The molecule has 0 saturated carbocycles. The molecule has 2 aliphatic rings. The molecule has 3 rings (SSSR count). The van der Waals surface area contributed by atoms with E-state index in [1.165, 1.54) is 0 Å².